The van der Waals surface area contributed by atoms with Crippen molar-refractivity contribution in [3.8, 4) is 0 Å². The molecule has 0 saturated heterocycles. The molecule has 2 N–H and O–H groups in total. The zero-order chi connectivity index (χ0) is 15.6. The lowest BCUT2D eigenvalue weighted by atomic mass is 10.4. The van der Waals surface area contributed by atoms with Crippen molar-refractivity contribution in [2.24, 2.45) is 4.99 Å². The van der Waals surface area contributed by atoms with Crippen molar-refractivity contribution < 1.29 is 4.42 Å². The maximum absolute atomic E-state index is 5.30. The van der Waals surface area contributed by atoms with Crippen LogP contribution >= 0.6 is 11.8 Å². The Balaban J connectivity index is 1.81. The van der Waals surface area contributed by atoms with Gasteiger partial charge < -0.3 is 15.1 Å². The molecule has 2 aromatic rings. The molecule has 1 atom stereocenters. The van der Waals surface area contributed by atoms with Crippen LogP contribution < -0.4 is 10.6 Å². The Morgan fingerprint density at radius 3 is 2.68 bits per heavy atom. The van der Waals surface area contributed by atoms with Crippen LogP contribution in [0, 0.1) is 0 Å². The van der Waals surface area contributed by atoms with Gasteiger partial charge in [0.05, 0.1) is 6.26 Å². The van der Waals surface area contributed by atoms with Crippen molar-refractivity contribution in [1.82, 2.24) is 10.6 Å². The van der Waals surface area contributed by atoms with Crippen LogP contribution in [0.3, 0.4) is 0 Å². The zero-order valence-corrected chi connectivity index (χ0v) is 13.9. The van der Waals surface area contributed by atoms with Crippen molar-refractivity contribution in [2.45, 2.75) is 30.5 Å². The summed E-state index contributed by atoms with van der Waals surface area (Å²) in [6.07, 6.45) is 1.67. The molecule has 0 spiro atoms. The van der Waals surface area contributed by atoms with Crippen LogP contribution in [0.15, 0.2) is 63.0 Å². The molecule has 22 heavy (non-hydrogen) atoms. The summed E-state index contributed by atoms with van der Waals surface area (Å²) in [5.74, 6) is 1.68. The normalized spacial score (nSPS) is 12.9. The number of aliphatic imine (C=N–C) groups is 1. The van der Waals surface area contributed by atoms with Gasteiger partial charge in [-0.25, -0.2) is 4.99 Å². The molecule has 0 amide bonds. The minimum atomic E-state index is 0.454. The summed E-state index contributed by atoms with van der Waals surface area (Å²) in [5.41, 5.74) is 0. The number of guanidine groups is 1. The van der Waals surface area contributed by atoms with Crippen molar-refractivity contribution in [3.63, 3.8) is 0 Å². The highest BCUT2D eigenvalue weighted by molar-refractivity contribution is 8.00. The molecule has 2 rings (SSSR count). The van der Waals surface area contributed by atoms with E-state index in [1.54, 1.807) is 6.26 Å². The van der Waals surface area contributed by atoms with Crippen molar-refractivity contribution >= 4 is 17.7 Å². The zero-order valence-electron chi connectivity index (χ0n) is 13.1. The average molecular weight is 317 g/mol. The largest absolute Gasteiger partial charge is 0.467 e. The highest BCUT2D eigenvalue weighted by Crippen LogP contribution is 2.21. The maximum atomic E-state index is 5.30. The third kappa shape index (κ3) is 5.85. The summed E-state index contributed by atoms with van der Waals surface area (Å²) < 4.78 is 5.30. The fourth-order valence-electron chi connectivity index (χ4n) is 1.91. The van der Waals surface area contributed by atoms with Crippen LogP contribution in [0.1, 0.15) is 19.6 Å². The predicted molar refractivity (Wildman–Crippen MR) is 93.3 cm³/mol. The molecule has 1 aromatic carbocycles. The highest BCUT2D eigenvalue weighted by Gasteiger charge is 2.06. The molecular weight excluding hydrogens is 294 g/mol. The Hall–Kier alpha value is -1.88. The minimum Gasteiger partial charge on any atom is -0.467 e. The molecule has 1 aromatic heterocycles. The van der Waals surface area contributed by atoms with E-state index >= 15 is 0 Å². The van der Waals surface area contributed by atoms with Gasteiger partial charge in [0, 0.05) is 23.2 Å². The molecule has 4 nitrogen and oxygen atoms in total. The lowest BCUT2D eigenvalue weighted by Gasteiger charge is -2.15. The van der Waals surface area contributed by atoms with Gasteiger partial charge in [-0.15, -0.1) is 11.8 Å². The summed E-state index contributed by atoms with van der Waals surface area (Å²) in [5, 5.41) is 7.09. The van der Waals surface area contributed by atoms with E-state index in [9.17, 15) is 0 Å². The standard InChI is InChI=1S/C17H23N3OS/c1-3-18-17(20-13-15-8-7-11-21-15)19-12-14(2)22-16-9-5-4-6-10-16/h4-11,14H,3,12-13H2,1-2H3,(H2,18,19,20). The van der Waals surface area contributed by atoms with E-state index in [4.69, 9.17) is 4.42 Å². The van der Waals surface area contributed by atoms with E-state index < -0.39 is 0 Å². The van der Waals surface area contributed by atoms with Gasteiger partial charge in [-0.3, -0.25) is 0 Å². The van der Waals surface area contributed by atoms with Gasteiger partial charge in [0.2, 0.25) is 0 Å². The molecule has 5 heteroatoms. The maximum Gasteiger partial charge on any atom is 0.191 e. The Bertz CT molecular complexity index is 555. The molecule has 0 aliphatic rings. The first-order chi connectivity index (χ1) is 10.8. The fraction of sp³-hybridized carbons (Fsp3) is 0.353. The third-order valence-corrected chi connectivity index (χ3v) is 4.07. The van der Waals surface area contributed by atoms with Gasteiger partial charge in [0.1, 0.15) is 12.3 Å². The van der Waals surface area contributed by atoms with Gasteiger partial charge in [-0.2, -0.15) is 0 Å². The van der Waals surface area contributed by atoms with Crippen LogP contribution in [0.25, 0.3) is 0 Å². The summed E-state index contributed by atoms with van der Waals surface area (Å²) in [7, 11) is 0. The van der Waals surface area contributed by atoms with E-state index in [1.165, 1.54) is 4.90 Å². The molecule has 118 valence electrons. The highest BCUT2D eigenvalue weighted by atomic mass is 32.2. The Labute approximate surface area is 136 Å². The van der Waals surface area contributed by atoms with Crippen LogP contribution in [0.4, 0.5) is 0 Å². The summed E-state index contributed by atoms with van der Waals surface area (Å²) >= 11 is 1.86. The first-order valence-corrected chi connectivity index (χ1v) is 8.42. The van der Waals surface area contributed by atoms with Crippen molar-refractivity contribution in [3.05, 3.63) is 54.5 Å². The molecular formula is C17H23N3OS. The molecule has 0 saturated carbocycles. The molecule has 0 bridgehead atoms. The van der Waals surface area contributed by atoms with Gasteiger partial charge in [0.15, 0.2) is 5.96 Å². The molecule has 1 unspecified atom stereocenters. The Morgan fingerprint density at radius 2 is 2.00 bits per heavy atom. The summed E-state index contributed by atoms with van der Waals surface area (Å²) in [6, 6.07) is 14.3. The van der Waals surface area contributed by atoms with Crippen LogP contribution in [-0.4, -0.2) is 24.3 Å². The number of nitrogens with zero attached hydrogens (tertiary/aromatic N) is 1. The summed E-state index contributed by atoms with van der Waals surface area (Å²) in [4.78, 5) is 5.81. The second kappa shape index (κ2) is 9.20. The molecule has 1 heterocycles. The van der Waals surface area contributed by atoms with E-state index in [1.807, 2.05) is 30.0 Å². The first kappa shape index (κ1) is 16.5. The first-order valence-electron chi connectivity index (χ1n) is 7.54. The van der Waals surface area contributed by atoms with Crippen molar-refractivity contribution in [1.29, 1.82) is 0 Å². The van der Waals surface area contributed by atoms with Gasteiger partial charge >= 0.3 is 0 Å². The summed E-state index contributed by atoms with van der Waals surface area (Å²) in [6.45, 7) is 6.50. The number of benzene rings is 1. The molecule has 0 fully saturated rings. The lowest BCUT2D eigenvalue weighted by Crippen LogP contribution is -2.40. The Kier molecular flexibility index (Phi) is 6.90. The Morgan fingerprint density at radius 1 is 1.18 bits per heavy atom. The lowest BCUT2D eigenvalue weighted by molar-refractivity contribution is 0.512. The molecule has 0 radical (unpaired) electrons. The average Bonchev–Trinajstić information content (AvgIpc) is 3.04. The van der Waals surface area contributed by atoms with E-state index in [2.05, 4.69) is 53.7 Å². The van der Waals surface area contributed by atoms with Crippen LogP contribution in [0.5, 0.6) is 0 Å². The number of hydrogen-bond donors (Lipinski definition) is 2. The predicted octanol–water partition coefficient (Wildman–Crippen LogP) is 3.52. The molecule has 0 aliphatic carbocycles. The number of thioether (sulfide) groups is 1. The minimum absolute atomic E-state index is 0.454. The second-order valence-corrected chi connectivity index (χ2v) is 6.41. The van der Waals surface area contributed by atoms with Gasteiger partial charge in [-0.1, -0.05) is 25.1 Å². The quantitative estimate of drug-likeness (QED) is 0.466. The van der Waals surface area contributed by atoms with Gasteiger partial charge in [-0.05, 0) is 31.2 Å². The van der Waals surface area contributed by atoms with Crippen molar-refractivity contribution in [2.75, 3.05) is 13.1 Å². The second-order valence-electron chi connectivity index (χ2n) is 4.90. The molecule has 0 aliphatic heterocycles. The third-order valence-electron chi connectivity index (χ3n) is 2.95. The topological polar surface area (TPSA) is 49.6 Å². The van der Waals surface area contributed by atoms with E-state index in [0.29, 0.717) is 11.8 Å². The smallest absolute Gasteiger partial charge is 0.191 e. The fourth-order valence-corrected chi connectivity index (χ4v) is 2.86. The monoisotopic (exact) mass is 317 g/mol. The van der Waals surface area contributed by atoms with Gasteiger partial charge in [0.25, 0.3) is 0 Å². The van der Waals surface area contributed by atoms with E-state index in [-0.39, 0.29) is 0 Å². The number of hydrogen-bond acceptors (Lipinski definition) is 3. The van der Waals surface area contributed by atoms with Crippen LogP contribution in [0.2, 0.25) is 0 Å². The number of rotatable bonds is 7. The number of furan rings is 1. The van der Waals surface area contributed by atoms with Crippen LogP contribution in [-0.2, 0) is 6.54 Å². The van der Waals surface area contributed by atoms with E-state index in [0.717, 1.165) is 24.8 Å². The number of nitrogens with one attached hydrogen (secondary N) is 2. The SMILES string of the molecule is CCNC(=NCc1ccco1)NCC(C)Sc1ccccc1.